The van der Waals surface area contributed by atoms with Gasteiger partial charge in [0.15, 0.2) is 0 Å². The SMILES string of the molecule is C=CCc1c(OC)ccc(S(N)(=O)=O)c1CC=C. The fourth-order valence-electron chi connectivity index (χ4n) is 1.84. The van der Waals surface area contributed by atoms with Gasteiger partial charge in [0.05, 0.1) is 12.0 Å². The summed E-state index contributed by atoms with van der Waals surface area (Å²) >= 11 is 0. The number of rotatable bonds is 6. The minimum atomic E-state index is -3.76. The van der Waals surface area contributed by atoms with Crippen molar-refractivity contribution in [1.29, 1.82) is 0 Å². The summed E-state index contributed by atoms with van der Waals surface area (Å²) in [4.78, 5) is 0.111. The third-order valence-corrected chi connectivity index (χ3v) is 3.56. The van der Waals surface area contributed by atoms with Crippen LogP contribution in [0.2, 0.25) is 0 Å². The minimum Gasteiger partial charge on any atom is -0.496 e. The van der Waals surface area contributed by atoms with Gasteiger partial charge >= 0.3 is 0 Å². The molecule has 0 unspecified atom stereocenters. The van der Waals surface area contributed by atoms with Gasteiger partial charge in [-0.15, -0.1) is 13.2 Å². The lowest BCUT2D eigenvalue weighted by atomic mass is 10.0. The van der Waals surface area contributed by atoms with Crippen LogP contribution in [0.5, 0.6) is 5.75 Å². The van der Waals surface area contributed by atoms with Gasteiger partial charge in [-0.1, -0.05) is 12.2 Å². The molecule has 1 aromatic rings. The van der Waals surface area contributed by atoms with E-state index in [4.69, 9.17) is 9.88 Å². The zero-order chi connectivity index (χ0) is 13.8. The lowest BCUT2D eigenvalue weighted by molar-refractivity contribution is 0.409. The average Bonchev–Trinajstić information content (AvgIpc) is 2.30. The first kappa shape index (κ1) is 14.5. The number of hydrogen-bond acceptors (Lipinski definition) is 3. The molecule has 0 heterocycles. The van der Waals surface area contributed by atoms with E-state index in [1.54, 1.807) is 18.2 Å². The molecule has 2 N–H and O–H groups in total. The van der Waals surface area contributed by atoms with Crippen molar-refractivity contribution in [2.45, 2.75) is 17.7 Å². The van der Waals surface area contributed by atoms with Crippen LogP contribution in [0.1, 0.15) is 11.1 Å². The Balaban J connectivity index is 3.60. The first-order valence-electron chi connectivity index (χ1n) is 5.39. The number of allylic oxidation sites excluding steroid dienone is 2. The standard InChI is InChI=1S/C13H17NO3S/c1-4-6-10-11(7-5-2)13(18(14,15)16)9-8-12(10)17-3/h4-5,8-9H,1-2,6-7H2,3H3,(H2,14,15,16). The zero-order valence-electron chi connectivity index (χ0n) is 10.3. The number of benzene rings is 1. The lowest BCUT2D eigenvalue weighted by Gasteiger charge is -2.15. The van der Waals surface area contributed by atoms with Gasteiger partial charge in [0.1, 0.15) is 5.75 Å². The van der Waals surface area contributed by atoms with Gasteiger partial charge in [-0.25, -0.2) is 13.6 Å². The topological polar surface area (TPSA) is 69.4 Å². The summed E-state index contributed by atoms with van der Waals surface area (Å²) in [6, 6.07) is 3.06. The minimum absolute atomic E-state index is 0.111. The van der Waals surface area contributed by atoms with E-state index in [0.717, 1.165) is 5.56 Å². The molecule has 0 fully saturated rings. The van der Waals surface area contributed by atoms with Gasteiger partial charge in [-0.05, 0) is 30.5 Å². The Morgan fingerprint density at radius 3 is 2.22 bits per heavy atom. The number of ether oxygens (including phenoxy) is 1. The van der Waals surface area contributed by atoms with Crippen LogP contribution in [-0.2, 0) is 22.9 Å². The molecular weight excluding hydrogens is 250 g/mol. The first-order chi connectivity index (χ1) is 8.45. The van der Waals surface area contributed by atoms with E-state index >= 15 is 0 Å². The van der Waals surface area contributed by atoms with E-state index in [-0.39, 0.29) is 4.90 Å². The molecule has 0 aliphatic rings. The maximum atomic E-state index is 11.6. The third-order valence-electron chi connectivity index (χ3n) is 2.57. The summed E-state index contributed by atoms with van der Waals surface area (Å²) in [5.74, 6) is 0.624. The van der Waals surface area contributed by atoms with Crippen LogP contribution >= 0.6 is 0 Å². The van der Waals surface area contributed by atoms with E-state index in [0.29, 0.717) is 24.2 Å². The van der Waals surface area contributed by atoms with E-state index in [2.05, 4.69) is 13.2 Å². The molecule has 1 rings (SSSR count). The number of nitrogens with two attached hydrogens (primary N) is 1. The molecule has 0 radical (unpaired) electrons. The number of primary sulfonamides is 1. The van der Waals surface area contributed by atoms with Crippen molar-refractivity contribution in [1.82, 2.24) is 0 Å². The highest BCUT2D eigenvalue weighted by molar-refractivity contribution is 7.89. The monoisotopic (exact) mass is 267 g/mol. The van der Waals surface area contributed by atoms with Gasteiger partial charge in [0, 0.05) is 5.56 Å². The first-order valence-corrected chi connectivity index (χ1v) is 6.93. The Morgan fingerprint density at radius 1 is 1.22 bits per heavy atom. The second-order valence-corrected chi connectivity index (χ2v) is 5.28. The molecule has 0 spiro atoms. The maximum absolute atomic E-state index is 11.6. The largest absolute Gasteiger partial charge is 0.496 e. The van der Waals surface area contributed by atoms with E-state index in [1.165, 1.54) is 13.2 Å². The molecule has 1 aromatic carbocycles. The summed E-state index contributed by atoms with van der Waals surface area (Å²) in [7, 11) is -2.22. The van der Waals surface area contributed by atoms with Crippen molar-refractivity contribution in [3.05, 3.63) is 48.6 Å². The number of hydrogen-bond donors (Lipinski definition) is 1. The molecule has 0 saturated carbocycles. The van der Waals surface area contributed by atoms with Crippen LogP contribution in [0.25, 0.3) is 0 Å². The van der Waals surface area contributed by atoms with Crippen LogP contribution in [0.3, 0.4) is 0 Å². The highest BCUT2D eigenvalue weighted by atomic mass is 32.2. The van der Waals surface area contributed by atoms with Gasteiger partial charge in [-0.2, -0.15) is 0 Å². The molecule has 0 aromatic heterocycles. The number of methoxy groups -OCH3 is 1. The maximum Gasteiger partial charge on any atom is 0.238 e. The normalized spacial score (nSPS) is 11.0. The molecule has 0 amide bonds. The van der Waals surface area contributed by atoms with Gasteiger partial charge in [-0.3, -0.25) is 0 Å². The highest BCUT2D eigenvalue weighted by Gasteiger charge is 2.18. The smallest absolute Gasteiger partial charge is 0.238 e. The predicted octanol–water partition coefficient (Wildman–Crippen LogP) is 1.80. The van der Waals surface area contributed by atoms with Crippen LogP contribution in [0.15, 0.2) is 42.3 Å². The molecule has 0 aliphatic heterocycles. The fourth-order valence-corrected chi connectivity index (χ4v) is 2.65. The van der Waals surface area contributed by atoms with Gasteiger partial charge in [0.25, 0.3) is 0 Å². The second kappa shape index (κ2) is 5.84. The van der Waals surface area contributed by atoms with Crippen LogP contribution < -0.4 is 9.88 Å². The molecule has 5 heteroatoms. The Bertz CT molecular complexity index is 562. The molecule has 0 atom stereocenters. The number of sulfonamides is 1. The van der Waals surface area contributed by atoms with Crippen molar-refractivity contribution in [3.63, 3.8) is 0 Å². The van der Waals surface area contributed by atoms with Crippen LogP contribution in [0.4, 0.5) is 0 Å². The summed E-state index contributed by atoms with van der Waals surface area (Å²) in [5.41, 5.74) is 1.39. The van der Waals surface area contributed by atoms with E-state index in [1.807, 2.05) is 0 Å². The second-order valence-electron chi connectivity index (χ2n) is 3.75. The summed E-state index contributed by atoms with van der Waals surface area (Å²) in [6.45, 7) is 7.30. The van der Waals surface area contributed by atoms with Gasteiger partial charge < -0.3 is 4.74 Å². The summed E-state index contributed by atoms with van der Waals surface area (Å²) < 4.78 is 28.4. The van der Waals surface area contributed by atoms with Crippen molar-refractivity contribution < 1.29 is 13.2 Å². The van der Waals surface area contributed by atoms with Crippen molar-refractivity contribution in [2.24, 2.45) is 5.14 Å². The summed E-state index contributed by atoms with van der Waals surface area (Å²) in [5, 5.41) is 5.22. The molecule has 18 heavy (non-hydrogen) atoms. The molecule has 4 nitrogen and oxygen atoms in total. The Kier molecular flexibility index (Phi) is 4.69. The molecular formula is C13H17NO3S. The highest BCUT2D eigenvalue weighted by Crippen LogP contribution is 2.29. The van der Waals surface area contributed by atoms with Gasteiger partial charge in [0.2, 0.25) is 10.0 Å². The van der Waals surface area contributed by atoms with Crippen molar-refractivity contribution in [3.8, 4) is 5.75 Å². The Labute approximate surface area is 108 Å². The Hall–Kier alpha value is -1.59. The van der Waals surface area contributed by atoms with Crippen molar-refractivity contribution in [2.75, 3.05) is 7.11 Å². The Morgan fingerprint density at radius 2 is 1.78 bits per heavy atom. The fraction of sp³-hybridized carbons (Fsp3) is 0.231. The van der Waals surface area contributed by atoms with Crippen LogP contribution in [-0.4, -0.2) is 15.5 Å². The average molecular weight is 267 g/mol. The van der Waals surface area contributed by atoms with E-state index < -0.39 is 10.0 Å². The van der Waals surface area contributed by atoms with E-state index in [9.17, 15) is 8.42 Å². The van der Waals surface area contributed by atoms with Crippen LogP contribution in [0, 0.1) is 0 Å². The molecule has 0 aliphatic carbocycles. The third kappa shape index (κ3) is 3.00. The molecule has 0 bridgehead atoms. The lowest BCUT2D eigenvalue weighted by Crippen LogP contribution is -2.16. The quantitative estimate of drug-likeness (QED) is 0.799. The predicted molar refractivity (Wildman–Crippen MR) is 72.2 cm³/mol. The zero-order valence-corrected chi connectivity index (χ0v) is 11.2. The molecule has 0 saturated heterocycles. The van der Waals surface area contributed by atoms with Crippen molar-refractivity contribution >= 4 is 10.0 Å². The summed E-state index contributed by atoms with van der Waals surface area (Å²) in [6.07, 6.45) is 4.25. The molecule has 98 valence electrons.